The second-order valence-electron chi connectivity index (χ2n) is 8.51. The molecule has 0 saturated heterocycles. The number of aromatic nitrogens is 1. The van der Waals surface area contributed by atoms with Crippen LogP contribution < -0.4 is 32.1 Å². The van der Waals surface area contributed by atoms with Gasteiger partial charge in [0, 0.05) is 38.1 Å². The Balaban J connectivity index is 1.90. The van der Waals surface area contributed by atoms with Gasteiger partial charge in [0.2, 0.25) is 5.82 Å². The van der Waals surface area contributed by atoms with Crippen molar-refractivity contribution in [3.63, 3.8) is 0 Å². The first-order valence-electron chi connectivity index (χ1n) is 11.9. The third kappa shape index (κ3) is 6.25. The third-order valence-corrected chi connectivity index (χ3v) is 6.05. The lowest BCUT2D eigenvalue weighted by atomic mass is 10.0. The molecule has 0 atom stereocenters. The van der Waals surface area contributed by atoms with E-state index in [1.165, 1.54) is 12.1 Å². The van der Waals surface area contributed by atoms with E-state index < -0.39 is 11.6 Å². The summed E-state index contributed by atoms with van der Waals surface area (Å²) in [5.41, 5.74) is 8.63. The fourth-order valence-electron chi connectivity index (χ4n) is 3.80. The van der Waals surface area contributed by atoms with Crippen molar-refractivity contribution in [2.45, 2.75) is 13.8 Å². The third-order valence-electron chi connectivity index (χ3n) is 6.05. The van der Waals surface area contributed by atoms with Crippen molar-refractivity contribution in [2.75, 3.05) is 56.0 Å². The molecule has 0 aliphatic rings. The second kappa shape index (κ2) is 12.3. The average molecular weight is 513 g/mol. The van der Waals surface area contributed by atoms with Gasteiger partial charge >= 0.3 is 0 Å². The number of hydrogen-bond acceptors (Lipinski definition) is 8. The number of amidine groups is 1. The Kier molecular flexibility index (Phi) is 9.20. The van der Waals surface area contributed by atoms with E-state index >= 15 is 4.39 Å². The van der Waals surface area contributed by atoms with Crippen molar-refractivity contribution in [3.8, 4) is 16.9 Å². The topological polar surface area (TPSA) is 122 Å². The summed E-state index contributed by atoms with van der Waals surface area (Å²) in [5, 5.41) is 4.56. The Bertz CT molecular complexity index is 1250. The van der Waals surface area contributed by atoms with Crippen LogP contribution in [0.25, 0.3) is 11.1 Å². The molecular formula is C26H34F2N8O. The number of pyridine rings is 1. The van der Waals surface area contributed by atoms with Gasteiger partial charge in [0.05, 0.1) is 11.3 Å². The predicted molar refractivity (Wildman–Crippen MR) is 145 cm³/mol. The predicted octanol–water partition coefficient (Wildman–Crippen LogP) is 3.40. The van der Waals surface area contributed by atoms with E-state index in [1.54, 1.807) is 12.3 Å². The van der Waals surface area contributed by atoms with Gasteiger partial charge in [0.15, 0.2) is 17.4 Å². The van der Waals surface area contributed by atoms with E-state index in [9.17, 15) is 4.39 Å². The van der Waals surface area contributed by atoms with Crippen LogP contribution in [0.15, 0.2) is 53.8 Å². The number of likely N-dealkylation sites (N-methyl/N-ethyl adjacent to an activating group) is 1. The summed E-state index contributed by atoms with van der Waals surface area (Å²) in [6, 6.07) is 12.1. The summed E-state index contributed by atoms with van der Waals surface area (Å²) in [7, 11) is 3.87. The molecule has 0 saturated carbocycles. The summed E-state index contributed by atoms with van der Waals surface area (Å²) in [5.74, 6) is 9.21. The molecule has 0 amide bonds. The smallest absolute Gasteiger partial charge is 0.202 e. The first-order chi connectivity index (χ1) is 17.7. The maximum absolute atomic E-state index is 15.1. The number of halogens is 2. The minimum absolute atomic E-state index is 0.0735. The molecule has 0 unspecified atom stereocenters. The molecule has 3 rings (SSSR count). The van der Waals surface area contributed by atoms with Crippen LogP contribution in [-0.4, -0.2) is 56.1 Å². The molecule has 9 nitrogen and oxygen atoms in total. The summed E-state index contributed by atoms with van der Waals surface area (Å²) in [6.07, 6.45) is 1.60. The normalized spacial score (nSPS) is 11.6. The van der Waals surface area contributed by atoms with Gasteiger partial charge < -0.3 is 26.1 Å². The lowest BCUT2D eigenvalue weighted by Gasteiger charge is -2.23. The van der Waals surface area contributed by atoms with Crippen LogP contribution in [0.1, 0.15) is 19.4 Å². The van der Waals surface area contributed by atoms with E-state index in [0.717, 1.165) is 29.3 Å². The number of hydrogen-bond donors (Lipinski definition) is 3. The van der Waals surface area contributed by atoms with Crippen LogP contribution in [0.4, 0.5) is 26.0 Å². The zero-order valence-electron chi connectivity index (χ0n) is 21.6. The molecule has 0 spiro atoms. The summed E-state index contributed by atoms with van der Waals surface area (Å²) in [6.45, 7) is 6.50. The number of nitrogen functional groups attached to an aromatic ring is 1. The van der Waals surface area contributed by atoms with Crippen molar-refractivity contribution in [2.24, 2.45) is 16.8 Å². The Labute approximate surface area is 216 Å². The highest BCUT2D eigenvalue weighted by molar-refractivity contribution is 6.12. The monoisotopic (exact) mass is 512 g/mol. The Hall–Kier alpha value is -3.96. The van der Waals surface area contributed by atoms with Crippen LogP contribution in [-0.2, 0) is 0 Å². The number of benzene rings is 2. The van der Waals surface area contributed by atoms with Crippen LogP contribution >= 0.6 is 0 Å². The molecule has 0 aliphatic heterocycles. The van der Waals surface area contributed by atoms with Crippen molar-refractivity contribution < 1.29 is 13.5 Å². The maximum atomic E-state index is 15.1. The fourth-order valence-corrected chi connectivity index (χ4v) is 3.80. The first kappa shape index (κ1) is 27.6. The van der Waals surface area contributed by atoms with Gasteiger partial charge in [-0.25, -0.2) is 15.2 Å². The first-order valence-corrected chi connectivity index (χ1v) is 11.9. The quantitative estimate of drug-likeness (QED) is 0.164. The van der Waals surface area contributed by atoms with Gasteiger partial charge in [-0.1, -0.05) is 26.0 Å². The van der Waals surface area contributed by atoms with Crippen molar-refractivity contribution in [1.29, 1.82) is 0 Å². The minimum atomic E-state index is -1.20. The van der Waals surface area contributed by atoms with E-state index in [2.05, 4.69) is 15.0 Å². The number of anilines is 3. The Morgan fingerprint density at radius 3 is 2.41 bits per heavy atom. The van der Waals surface area contributed by atoms with Gasteiger partial charge in [-0.3, -0.25) is 5.01 Å². The Morgan fingerprint density at radius 1 is 1.03 bits per heavy atom. The van der Waals surface area contributed by atoms with E-state index in [-0.39, 0.29) is 35.3 Å². The molecule has 0 bridgehead atoms. The molecule has 1 heterocycles. The van der Waals surface area contributed by atoms with E-state index in [0.29, 0.717) is 12.1 Å². The standard InChI is InChI=1S/C26H34F2N8O/c1-5-35(6-2)12-13-37-22-11-10-21(23(27)24(22)28)36(31)26(33-30)20-15-18(16-32-25(20)29)17-8-7-9-19(14-17)34(3)4/h7-11,14-16H,5-6,12-13,30-31H2,1-4H3,(H2,29,32)/b33-26-. The molecule has 0 radical (unpaired) electrons. The molecule has 0 fully saturated rings. The zero-order valence-corrected chi connectivity index (χ0v) is 21.6. The fraction of sp³-hybridized carbons (Fsp3) is 0.308. The molecule has 1 aromatic heterocycles. The lowest BCUT2D eigenvalue weighted by molar-refractivity contribution is 0.216. The number of ether oxygens (including phenoxy) is 1. The number of nitrogens with zero attached hydrogens (tertiary/aromatic N) is 5. The molecule has 6 N–H and O–H groups in total. The number of nitrogens with two attached hydrogens (primary N) is 3. The summed E-state index contributed by atoms with van der Waals surface area (Å²) < 4.78 is 35.4. The molecule has 0 aliphatic carbocycles. The molecule has 198 valence electrons. The Morgan fingerprint density at radius 2 is 1.76 bits per heavy atom. The second-order valence-corrected chi connectivity index (χ2v) is 8.51. The van der Waals surface area contributed by atoms with Crippen molar-refractivity contribution in [1.82, 2.24) is 9.88 Å². The number of hydrazone groups is 1. The minimum Gasteiger partial charge on any atom is -0.489 e. The summed E-state index contributed by atoms with van der Waals surface area (Å²) in [4.78, 5) is 8.32. The molecule has 11 heteroatoms. The SMILES string of the molecule is CCN(CC)CCOc1ccc(N(N)/C(=N\N)c2cc(-c3cccc(N(C)C)c3)cnc2N)c(F)c1F. The van der Waals surface area contributed by atoms with Gasteiger partial charge in [0.25, 0.3) is 0 Å². The van der Waals surface area contributed by atoms with Crippen molar-refractivity contribution >= 4 is 23.0 Å². The number of hydrazine groups is 1. The molecule has 3 aromatic rings. The van der Waals surface area contributed by atoms with Gasteiger partial charge in [-0.2, -0.15) is 9.49 Å². The maximum Gasteiger partial charge on any atom is 0.202 e. The highest BCUT2D eigenvalue weighted by Gasteiger charge is 2.23. The van der Waals surface area contributed by atoms with Crippen LogP contribution in [0.3, 0.4) is 0 Å². The molecule has 2 aromatic carbocycles. The van der Waals surface area contributed by atoms with Gasteiger partial charge in [0.1, 0.15) is 12.4 Å². The van der Waals surface area contributed by atoms with Crippen LogP contribution in [0.5, 0.6) is 5.75 Å². The molecular weight excluding hydrogens is 478 g/mol. The van der Waals surface area contributed by atoms with Crippen molar-refractivity contribution in [3.05, 3.63) is 65.9 Å². The van der Waals surface area contributed by atoms with Crippen LogP contribution in [0.2, 0.25) is 0 Å². The highest BCUT2D eigenvalue weighted by Crippen LogP contribution is 2.30. The zero-order chi connectivity index (χ0) is 27.1. The van der Waals surface area contributed by atoms with Gasteiger partial charge in [-0.15, -0.1) is 0 Å². The lowest BCUT2D eigenvalue weighted by Crippen LogP contribution is -2.40. The highest BCUT2D eigenvalue weighted by atomic mass is 19.2. The summed E-state index contributed by atoms with van der Waals surface area (Å²) >= 11 is 0. The van der Waals surface area contributed by atoms with Gasteiger partial charge in [-0.05, 0) is 49.0 Å². The average Bonchev–Trinajstić information content (AvgIpc) is 2.90. The van der Waals surface area contributed by atoms with Crippen LogP contribution in [0, 0.1) is 11.6 Å². The largest absolute Gasteiger partial charge is 0.489 e. The molecule has 37 heavy (non-hydrogen) atoms. The van der Waals surface area contributed by atoms with E-state index in [1.807, 2.05) is 57.1 Å². The number of rotatable bonds is 10. The van der Waals surface area contributed by atoms with E-state index in [4.69, 9.17) is 22.2 Å².